The highest BCUT2D eigenvalue weighted by atomic mass is 16.5. The number of amides is 1. The van der Waals surface area contributed by atoms with Crippen LogP contribution < -0.4 is 10.2 Å². The predicted molar refractivity (Wildman–Crippen MR) is 114 cm³/mol. The molecule has 0 atom stereocenters. The number of aromatic amines is 1. The first-order valence-corrected chi connectivity index (χ1v) is 10.5. The van der Waals surface area contributed by atoms with E-state index < -0.39 is 0 Å². The maximum Gasteiger partial charge on any atom is 0.245 e. The largest absolute Gasteiger partial charge is 0.381 e. The molecule has 1 fully saturated rings. The van der Waals surface area contributed by atoms with E-state index in [1.165, 1.54) is 6.33 Å². The number of aryl methyl sites for hydroxylation is 1. The number of ether oxygens (including phenoxy) is 1. The van der Waals surface area contributed by atoms with Crippen molar-refractivity contribution in [2.45, 2.75) is 26.2 Å². The van der Waals surface area contributed by atoms with Crippen LogP contribution in [0.5, 0.6) is 0 Å². The molecule has 5 heterocycles. The second-order valence-electron chi connectivity index (χ2n) is 7.96. The molecule has 31 heavy (non-hydrogen) atoms. The summed E-state index contributed by atoms with van der Waals surface area (Å²) in [5.41, 5.74) is 3.33. The molecule has 1 amide bonds. The second-order valence-corrected chi connectivity index (χ2v) is 7.96. The van der Waals surface area contributed by atoms with E-state index in [2.05, 4.69) is 30.5 Å². The lowest BCUT2D eigenvalue weighted by Gasteiger charge is -2.31. The monoisotopic (exact) mass is 420 g/mol. The standard InChI is InChI=1S/C21H24N8O2/c1-13-8-16(19-24-12-25-28-19)22-9-15(13)17-10-23-20-21(26-17)29(11-18(30)27-20)5-2-14-3-6-31-7-4-14/h8-10,12,14H,2-7,11H2,1H3,(H,23,27,30)(H,24,25,28). The lowest BCUT2D eigenvalue weighted by molar-refractivity contribution is -0.115. The Morgan fingerprint density at radius 3 is 2.81 bits per heavy atom. The molecular weight excluding hydrogens is 396 g/mol. The molecule has 2 aliphatic rings. The van der Waals surface area contributed by atoms with Crippen molar-refractivity contribution in [1.82, 2.24) is 30.1 Å². The molecule has 0 saturated carbocycles. The second kappa shape index (κ2) is 8.38. The average molecular weight is 420 g/mol. The first-order valence-electron chi connectivity index (χ1n) is 10.5. The number of anilines is 2. The van der Waals surface area contributed by atoms with Gasteiger partial charge in [0.05, 0.1) is 18.4 Å². The van der Waals surface area contributed by atoms with Crippen LogP contribution in [0.4, 0.5) is 11.6 Å². The molecule has 1 saturated heterocycles. The summed E-state index contributed by atoms with van der Waals surface area (Å²) < 4.78 is 5.46. The third-order valence-electron chi connectivity index (χ3n) is 5.84. The molecule has 0 spiro atoms. The summed E-state index contributed by atoms with van der Waals surface area (Å²) in [5, 5.41) is 9.54. The third kappa shape index (κ3) is 4.11. The molecule has 0 bridgehead atoms. The number of pyridine rings is 1. The predicted octanol–water partition coefficient (Wildman–Crippen LogP) is 2.21. The van der Waals surface area contributed by atoms with Crippen LogP contribution in [0.25, 0.3) is 22.8 Å². The molecule has 10 nitrogen and oxygen atoms in total. The van der Waals surface area contributed by atoms with Gasteiger partial charge in [-0.05, 0) is 43.7 Å². The van der Waals surface area contributed by atoms with Crippen molar-refractivity contribution in [3.63, 3.8) is 0 Å². The van der Waals surface area contributed by atoms with Gasteiger partial charge in [0.25, 0.3) is 0 Å². The van der Waals surface area contributed by atoms with Gasteiger partial charge in [0.2, 0.25) is 5.91 Å². The average Bonchev–Trinajstić information content (AvgIpc) is 3.33. The highest BCUT2D eigenvalue weighted by Crippen LogP contribution is 2.31. The minimum Gasteiger partial charge on any atom is -0.381 e. The Morgan fingerprint density at radius 2 is 2.03 bits per heavy atom. The fourth-order valence-electron chi connectivity index (χ4n) is 4.08. The Hall–Kier alpha value is -3.40. The normalized spacial score (nSPS) is 16.8. The highest BCUT2D eigenvalue weighted by Gasteiger charge is 2.26. The number of nitrogens with one attached hydrogen (secondary N) is 2. The fraction of sp³-hybridized carbons (Fsp3) is 0.429. The van der Waals surface area contributed by atoms with Crippen molar-refractivity contribution >= 4 is 17.5 Å². The van der Waals surface area contributed by atoms with Crippen molar-refractivity contribution in [2.24, 2.45) is 5.92 Å². The van der Waals surface area contributed by atoms with Gasteiger partial charge in [0, 0.05) is 31.5 Å². The van der Waals surface area contributed by atoms with Crippen LogP contribution in [-0.4, -0.2) is 62.3 Å². The molecule has 2 aliphatic heterocycles. The summed E-state index contributed by atoms with van der Waals surface area (Å²) >= 11 is 0. The number of H-pyrrole nitrogens is 1. The van der Waals surface area contributed by atoms with Crippen LogP contribution in [0.2, 0.25) is 0 Å². The van der Waals surface area contributed by atoms with Crippen molar-refractivity contribution in [2.75, 3.05) is 36.5 Å². The van der Waals surface area contributed by atoms with E-state index in [1.54, 1.807) is 12.4 Å². The van der Waals surface area contributed by atoms with Crippen LogP contribution in [0, 0.1) is 12.8 Å². The number of hydrogen-bond acceptors (Lipinski definition) is 8. The van der Waals surface area contributed by atoms with Gasteiger partial charge in [0.15, 0.2) is 17.5 Å². The highest BCUT2D eigenvalue weighted by molar-refractivity contribution is 5.99. The van der Waals surface area contributed by atoms with E-state index in [9.17, 15) is 4.79 Å². The molecule has 160 valence electrons. The zero-order valence-corrected chi connectivity index (χ0v) is 17.3. The van der Waals surface area contributed by atoms with Gasteiger partial charge in [-0.1, -0.05) is 0 Å². The first-order chi connectivity index (χ1) is 15.2. The molecule has 3 aromatic rings. The molecule has 3 aromatic heterocycles. The van der Waals surface area contributed by atoms with Crippen LogP contribution in [0.15, 0.2) is 24.8 Å². The molecule has 2 N–H and O–H groups in total. The minimum absolute atomic E-state index is 0.0595. The lowest BCUT2D eigenvalue weighted by Crippen LogP contribution is -2.40. The topological polar surface area (TPSA) is 122 Å². The number of nitrogens with zero attached hydrogens (tertiary/aromatic N) is 6. The van der Waals surface area contributed by atoms with Gasteiger partial charge in [0.1, 0.15) is 12.0 Å². The van der Waals surface area contributed by atoms with Gasteiger partial charge in [-0.15, -0.1) is 0 Å². The summed E-state index contributed by atoms with van der Waals surface area (Å²) in [6.07, 6.45) is 8.06. The Bertz CT molecular complexity index is 1080. The number of aromatic nitrogens is 6. The lowest BCUT2D eigenvalue weighted by atomic mass is 9.96. The van der Waals surface area contributed by atoms with E-state index in [0.717, 1.165) is 61.5 Å². The van der Waals surface area contributed by atoms with Crippen LogP contribution in [0.3, 0.4) is 0 Å². The Labute approximate surface area is 179 Å². The van der Waals surface area contributed by atoms with Crippen molar-refractivity contribution < 1.29 is 9.53 Å². The Balaban J connectivity index is 1.41. The zero-order chi connectivity index (χ0) is 21.2. The van der Waals surface area contributed by atoms with Gasteiger partial charge in [-0.2, -0.15) is 5.10 Å². The van der Waals surface area contributed by atoms with Crippen molar-refractivity contribution in [1.29, 1.82) is 0 Å². The number of hydrogen-bond donors (Lipinski definition) is 2. The summed E-state index contributed by atoms with van der Waals surface area (Å²) in [6, 6.07) is 1.95. The van der Waals surface area contributed by atoms with E-state index >= 15 is 0 Å². The number of carbonyl (C=O) groups is 1. The maximum atomic E-state index is 12.2. The number of fused-ring (bicyclic) bond motifs is 1. The van der Waals surface area contributed by atoms with Crippen LogP contribution >= 0.6 is 0 Å². The zero-order valence-electron chi connectivity index (χ0n) is 17.3. The number of rotatable bonds is 5. The molecule has 0 aliphatic carbocycles. The number of carbonyl (C=O) groups excluding carboxylic acids is 1. The van der Waals surface area contributed by atoms with E-state index in [1.807, 2.05) is 17.9 Å². The molecule has 0 radical (unpaired) electrons. The first kappa shape index (κ1) is 19.6. The van der Waals surface area contributed by atoms with Crippen LogP contribution in [0.1, 0.15) is 24.8 Å². The van der Waals surface area contributed by atoms with Crippen molar-refractivity contribution in [3.8, 4) is 22.8 Å². The van der Waals surface area contributed by atoms with Gasteiger partial charge >= 0.3 is 0 Å². The quantitative estimate of drug-likeness (QED) is 0.644. The Morgan fingerprint density at radius 1 is 1.16 bits per heavy atom. The summed E-state index contributed by atoms with van der Waals surface area (Å²) in [7, 11) is 0. The molecule has 0 unspecified atom stereocenters. The molecule has 10 heteroatoms. The summed E-state index contributed by atoms with van der Waals surface area (Å²) in [5.74, 6) is 2.40. The van der Waals surface area contributed by atoms with Crippen molar-refractivity contribution in [3.05, 3.63) is 30.4 Å². The molecule has 5 rings (SSSR count). The molecule has 0 aromatic carbocycles. The Kier molecular flexibility index (Phi) is 5.29. The van der Waals surface area contributed by atoms with Crippen LogP contribution in [-0.2, 0) is 9.53 Å². The summed E-state index contributed by atoms with van der Waals surface area (Å²) in [4.78, 5) is 32.2. The maximum absolute atomic E-state index is 12.2. The van der Waals surface area contributed by atoms with E-state index in [-0.39, 0.29) is 12.5 Å². The van der Waals surface area contributed by atoms with Gasteiger partial charge in [-0.3, -0.25) is 14.9 Å². The van der Waals surface area contributed by atoms with Gasteiger partial charge < -0.3 is 15.0 Å². The smallest absolute Gasteiger partial charge is 0.245 e. The fourth-order valence-corrected chi connectivity index (χ4v) is 4.08. The van der Waals surface area contributed by atoms with E-state index in [4.69, 9.17) is 9.72 Å². The van der Waals surface area contributed by atoms with Gasteiger partial charge in [-0.25, -0.2) is 15.0 Å². The minimum atomic E-state index is -0.0595. The molecular formula is C21H24N8O2. The summed E-state index contributed by atoms with van der Waals surface area (Å²) in [6.45, 7) is 4.70. The van der Waals surface area contributed by atoms with E-state index in [0.29, 0.717) is 23.4 Å². The third-order valence-corrected chi connectivity index (χ3v) is 5.84. The SMILES string of the molecule is Cc1cc(-c2ncn[nH]2)ncc1-c1cnc2c(n1)N(CCC1CCOCC1)CC(=O)N2.